The standard InChI is InChI=1S/C15H15ClFN3O/c1-8-3-10(4-9(2)13(8)17)6-20-15(21)11-5-12(16)14(18)19-7-11/h3-5,7H,6H2,1-2H3,(H2,18,19)(H,20,21). The number of benzene rings is 1. The molecule has 1 heterocycles. The van der Waals surface area contributed by atoms with Crippen molar-refractivity contribution >= 4 is 23.3 Å². The normalized spacial score (nSPS) is 10.5. The van der Waals surface area contributed by atoms with Gasteiger partial charge in [0.1, 0.15) is 11.6 Å². The van der Waals surface area contributed by atoms with Gasteiger partial charge in [0.2, 0.25) is 0 Å². The van der Waals surface area contributed by atoms with Crippen LogP contribution in [0.15, 0.2) is 24.4 Å². The maximum Gasteiger partial charge on any atom is 0.253 e. The zero-order valence-electron chi connectivity index (χ0n) is 11.7. The van der Waals surface area contributed by atoms with Crippen LogP contribution in [0.1, 0.15) is 27.0 Å². The summed E-state index contributed by atoms with van der Waals surface area (Å²) < 4.78 is 13.5. The van der Waals surface area contributed by atoms with Crippen molar-refractivity contribution in [3.05, 3.63) is 57.5 Å². The Morgan fingerprint density at radius 1 is 1.33 bits per heavy atom. The summed E-state index contributed by atoms with van der Waals surface area (Å²) in [6.45, 7) is 3.68. The van der Waals surface area contributed by atoms with Crippen molar-refractivity contribution in [3.63, 3.8) is 0 Å². The Labute approximate surface area is 127 Å². The van der Waals surface area contributed by atoms with Crippen molar-refractivity contribution in [3.8, 4) is 0 Å². The van der Waals surface area contributed by atoms with Crippen LogP contribution >= 0.6 is 11.6 Å². The molecule has 4 nitrogen and oxygen atoms in total. The monoisotopic (exact) mass is 307 g/mol. The zero-order valence-corrected chi connectivity index (χ0v) is 12.5. The molecule has 1 amide bonds. The molecular formula is C15H15ClFN3O. The number of rotatable bonds is 3. The molecule has 21 heavy (non-hydrogen) atoms. The molecule has 0 atom stereocenters. The maximum atomic E-state index is 13.5. The Morgan fingerprint density at radius 2 is 1.95 bits per heavy atom. The zero-order chi connectivity index (χ0) is 15.6. The van der Waals surface area contributed by atoms with Crippen molar-refractivity contribution in [2.75, 3.05) is 5.73 Å². The van der Waals surface area contributed by atoms with E-state index in [1.54, 1.807) is 26.0 Å². The van der Waals surface area contributed by atoms with Gasteiger partial charge in [0.05, 0.1) is 10.6 Å². The molecule has 0 unspecified atom stereocenters. The van der Waals surface area contributed by atoms with E-state index in [1.165, 1.54) is 12.3 Å². The van der Waals surface area contributed by atoms with E-state index in [2.05, 4.69) is 10.3 Å². The Morgan fingerprint density at radius 3 is 2.52 bits per heavy atom. The van der Waals surface area contributed by atoms with Gasteiger partial charge in [-0.15, -0.1) is 0 Å². The minimum atomic E-state index is -0.316. The number of aromatic nitrogens is 1. The summed E-state index contributed by atoms with van der Waals surface area (Å²) in [6.07, 6.45) is 1.36. The molecule has 0 spiro atoms. The summed E-state index contributed by atoms with van der Waals surface area (Å²) in [6, 6.07) is 4.87. The summed E-state index contributed by atoms with van der Waals surface area (Å²) in [5.74, 6) is -0.360. The summed E-state index contributed by atoms with van der Waals surface area (Å²) in [4.78, 5) is 15.8. The van der Waals surface area contributed by atoms with Crippen LogP contribution in [0, 0.1) is 19.7 Å². The highest BCUT2D eigenvalue weighted by atomic mass is 35.5. The highest BCUT2D eigenvalue weighted by Crippen LogP contribution is 2.17. The number of nitrogen functional groups attached to an aromatic ring is 1. The summed E-state index contributed by atoms with van der Waals surface area (Å²) in [5.41, 5.74) is 7.75. The van der Waals surface area contributed by atoms with Gasteiger partial charge >= 0.3 is 0 Å². The molecule has 110 valence electrons. The predicted molar refractivity (Wildman–Crippen MR) is 80.7 cm³/mol. The van der Waals surface area contributed by atoms with Gasteiger partial charge in [-0.1, -0.05) is 23.7 Å². The van der Waals surface area contributed by atoms with Gasteiger partial charge in [0.15, 0.2) is 0 Å². The number of nitrogens with zero attached hydrogens (tertiary/aromatic N) is 1. The molecule has 6 heteroatoms. The van der Waals surface area contributed by atoms with Crippen LogP contribution in [-0.4, -0.2) is 10.9 Å². The van der Waals surface area contributed by atoms with E-state index in [4.69, 9.17) is 17.3 Å². The van der Waals surface area contributed by atoms with Crippen LogP contribution < -0.4 is 11.1 Å². The number of hydrogen-bond donors (Lipinski definition) is 2. The molecule has 0 saturated heterocycles. The van der Waals surface area contributed by atoms with E-state index in [0.29, 0.717) is 23.2 Å². The third kappa shape index (κ3) is 3.49. The average molecular weight is 308 g/mol. The molecule has 0 aliphatic carbocycles. The van der Waals surface area contributed by atoms with Crippen molar-refractivity contribution in [1.82, 2.24) is 10.3 Å². The van der Waals surface area contributed by atoms with E-state index in [9.17, 15) is 9.18 Å². The summed E-state index contributed by atoms with van der Waals surface area (Å²) in [5, 5.41) is 2.97. The van der Waals surface area contributed by atoms with E-state index < -0.39 is 0 Å². The first-order chi connectivity index (χ1) is 9.88. The van der Waals surface area contributed by atoms with Crippen LogP contribution in [0.5, 0.6) is 0 Å². The number of amides is 1. The predicted octanol–water partition coefficient (Wildman–Crippen LogP) is 3.00. The lowest BCUT2D eigenvalue weighted by Crippen LogP contribution is -2.23. The van der Waals surface area contributed by atoms with Gasteiger partial charge in [-0.05, 0) is 36.6 Å². The van der Waals surface area contributed by atoms with Gasteiger partial charge in [0, 0.05) is 12.7 Å². The minimum absolute atomic E-state index is 0.179. The Hall–Kier alpha value is -2.14. The van der Waals surface area contributed by atoms with Crippen molar-refractivity contribution in [2.24, 2.45) is 0 Å². The third-order valence-corrected chi connectivity index (χ3v) is 3.38. The summed E-state index contributed by atoms with van der Waals surface area (Å²) in [7, 11) is 0. The molecule has 0 aliphatic heterocycles. The molecule has 0 aliphatic rings. The summed E-state index contributed by atoms with van der Waals surface area (Å²) >= 11 is 5.82. The second-order valence-corrected chi connectivity index (χ2v) is 5.22. The number of nitrogens with two attached hydrogens (primary N) is 1. The highest BCUT2D eigenvalue weighted by molar-refractivity contribution is 6.33. The topological polar surface area (TPSA) is 68.0 Å². The molecule has 1 aromatic heterocycles. The first kappa shape index (κ1) is 15.3. The smallest absolute Gasteiger partial charge is 0.253 e. The molecule has 0 radical (unpaired) electrons. The van der Waals surface area contributed by atoms with E-state index in [1.807, 2.05) is 0 Å². The van der Waals surface area contributed by atoms with Crippen LogP contribution in [0.4, 0.5) is 10.2 Å². The largest absolute Gasteiger partial charge is 0.382 e. The van der Waals surface area contributed by atoms with Crippen LogP contribution in [0.3, 0.4) is 0 Å². The van der Waals surface area contributed by atoms with Gasteiger partial charge in [-0.3, -0.25) is 4.79 Å². The van der Waals surface area contributed by atoms with E-state index in [-0.39, 0.29) is 22.6 Å². The van der Waals surface area contributed by atoms with Crippen molar-refractivity contribution in [1.29, 1.82) is 0 Å². The minimum Gasteiger partial charge on any atom is -0.382 e. The lowest BCUT2D eigenvalue weighted by atomic mass is 10.1. The molecule has 1 aromatic carbocycles. The second-order valence-electron chi connectivity index (χ2n) is 4.82. The van der Waals surface area contributed by atoms with Crippen LogP contribution in [0.25, 0.3) is 0 Å². The number of carbonyl (C=O) groups is 1. The fraction of sp³-hybridized carbons (Fsp3) is 0.200. The first-order valence-corrected chi connectivity index (χ1v) is 6.71. The quantitative estimate of drug-likeness (QED) is 0.916. The third-order valence-electron chi connectivity index (χ3n) is 3.08. The number of halogens is 2. The SMILES string of the molecule is Cc1cc(CNC(=O)c2cnc(N)c(Cl)c2)cc(C)c1F. The molecule has 3 N–H and O–H groups in total. The van der Waals surface area contributed by atoms with Gasteiger partial charge in [0.25, 0.3) is 5.91 Å². The Kier molecular flexibility index (Phi) is 4.43. The molecule has 2 aromatic rings. The number of anilines is 1. The Bertz CT molecular complexity index is 680. The van der Waals surface area contributed by atoms with Crippen LogP contribution in [0.2, 0.25) is 5.02 Å². The van der Waals surface area contributed by atoms with E-state index in [0.717, 1.165) is 5.56 Å². The van der Waals surface area contributed by atoms with Gasteiger partial charge in [-0.25, -0.2) is 9.37 Å². The van der Waals surface area contributed by atoms with Crippen molar-refractivity contribution < 1.29 is 9.18 Å². The fourth-order valence-corrected chi connectivity index (χ4v) is 2.16. The molecular weight excluding hydrogens is 293 g/mol. The molecule has 0 bridgehead atoms. The number of hydrogen-bond acceptors (Lipinski definition) is 3. The first-order valence-electron chi connectivity index (χ1n) is 6.33. The molecule has 0 fully saturated rings. The van der Waals surface area contributed by atoms with Gasteiger partial charge in [-0.2, -0.15) is 0 Å². The number of aryl methyl sites for hydroxylation is 2. The number of carbonyl (C=O) groups excluding carboxylic acids is 1. The second kappa shape index (κ2) is 6.10. The maximum absolute atomic E-state index is 13.5. The van der Waals surface area contributed by atoms with E-state index >= 15 is 0 Å². The average Bonchev–Trinajstić information content (AvgIpc) is 2.44. The highest BCUT2D eigenvalue weighted by Gasteiger charge is 2.10. The van der Waals surface area contributed by atoms with Crippen molar-refractivity contribution in [2.45, 2.75) is 20.4 Å². The number of nitrogens with one attached hydrogen (secondary N) is 1. The Balaban J connectivity index is 2.09. The fourth-order valence-electron chi connectivity index (χ4n) is 1.99. The van der Waals surface area contributed by atoms with Crippen LogP contribution in [-0.2, 0) is 6.54 Å². The lowest BCUT2D eigenvalue weighted by Gasteiger charge is -2.09. The molecule has 2 rings (SSSR count). The lowest BCUT2D eigenvalue weighted by molar-refractivity contribution is 0.0950. The van der Waals surface area contributed by atoms with Gasteiger partial charge < -0.3 is 11.1 Å². The molecule has 0 saturated carbocycles. The number of pyridine rings is 1.